The summed E-state index contributed by atoms with van der Waals surface area (Å²) in [6, 6.07) is 8.19. The molecule has 14 heavy (non-hydrogen) atoms. The summed E-state index contributed by atoms with van der Waals surface area (Å²) in [4.78, 5) is 4.32. The lowest BCUT2D eigenvalue weighted by Crippen LogP contribution is -2.05. The van der Waals surface area contributed by atoms with E-state index in [1.54, 1.807) is 0 Å². The summed E-state index contributed by atoms with van der Waals surface area (Å²) < 4.78 is 1.09. The van der Waals surface area contributed by atoms with Crippen molar-refractivity contribution in [3.8, 4) is 0 Å². The van der Waals surface area contributed by atoms with E-state index in [2.05, 4.69) is 32.3 Å². The Kier molecular flexibility index (Phi) is 2.79. The van der Waals surface area contributed by atoms with Crippen molar-refractivity contribution >= 4 is 26.8 Å². The normalized spacial score (nSPS) is 10.7. The minimum atomic E-state index is 0.871. The number of benzene rings is 1. The molecule has 2 rings (SSSR count). The largest absolute Gasteiger partial charge is 0.316 e. The summed E-state index contributed by atoms with van der Waals surface area (Å²) in [7, 11) is 1.95. The van der Waals surface area contributed by atoms with E-state index in [0.717, 1.165) is 16.5 Å². The number of rotatable bonds is 2. The first-order chi connectivity index (χ1) is 6.81. The molecule has 0 unspecified atom stereocenters. The first kappa shape index (κ1) is 9.62. The number of fused-ring (bicyclic) bond motifs is 1. The predicted octanol–water partition coefficient (Wildman–Crippen LogP) is 2.72. The maximum Gasteiger partial charge on any atom is 0.0706 e. The summed E-state index contributed by atoms with van der Waals surface area (Å²) in [5, 5.41) is 4.36. The number of pyridine rings is 1. The van der Waals surface area contributed by atoms with E-state index < -0.39 is 0 Å². The number of aromatic nitrogens is 1. The lowest BCUT2D eigenvalue weighted by molar-refractivity contribution is 0.822. The summed E-state index contributed by atoms with van der Waals surface area (Å²) in [6.07, 6.45) is 1.85. The van der Waals surface area contributed by atoms with Gasteiger partial charge < -0.3 is 5.32 Å². The molecule has 0 fully saturated rings. The maximum atomic E-state index is 4.32. The molecular formula is C11H11BrN2. The molecule has 0 saturated heterocycles. The van der Waals surface area contributed by atoms with Crippen molar-refractivity contribution in [2.24, 2.45) is 0 Å². The molecule has 0 radical (unpaired) electrons. The topological polar surface area (TPSA) is 24.9 Å². The maximum absolute atomic E-state index is 4.32. The van der Waals surface area contributed by atoms with Gasteiger partial charge in [-0.3, -0.25) is 4.98 Å². The van der Waals surface area contributed by atoms with Crippen LogP contribution in [0.3, 0.4) is 0 Å². The van der Waals surface area contributed by atoms with Crippen LogP contribution in [0.15, 0.2) is 34.9 Å². The minimum absolute atomic E-state index is 0.871. The molecule has 0 atom stereocenters. The number of nitrogens with one attached hydrogen (secondary N) is 1. The van der Waals surface area contributed by atoms with Gasteiger partial charge in [-0.05, 0) is 36.9 Å². The van der Waals surface area contributed by atoms with Crippen LogP contribution in [0, 0.1) is 0 Å². The Hall–Kier alpha value is -0.930. The smallest absolute Gasteiger partial charge is 0.0706 e. The van der Waals surface area contributed by atoms with Gasteiger partial charge in [0.1, 0.15) is 0 Å². The van der Waals surface area contributed by atoms with Crippen molar-refractivity contribution in [2.75, 3.05) is 7.05 Å². The van der Waals surface area contributed by atoms with Gasteiger partial charge in [0.25, 0.3) is 0 Å². The monoisotopic (exact) mass is 250 g/mol. The van der Waals surface area contributed by atoms with Gasteiger partial charge in [0.05, 0.1) is 5.52 Å². The first-order valence-corrected chi connectivity index (χ1v) is 5.28. The van der Waals surface area contributed by atoms with E-state index in [1.165, 1.54) is 10.9 Å². The SMILES string of the molecule is CNCc1ccnc2ccc(Br)cc12. The van der Waals surface area contributed by atoms with Gasteiger partial charge in [-0.2, -0.15) is 0 Å². The molecule has 1 aromatic heterocycles. The first-order valence-electron chi connectivity index (χ1n) is 4.49. The van der Waals surface area contributed by atoms with Crippen LogP contribution in [0.1, 0.15) is 5.56 Å². The minimum Gasteiger partial charge on any atom is -0.316 e. The zero-order valence-electron chi connectivity index (χ0n) is 7.92. The molecule has 72 valence electrons. The molecule has 0 spiro atoms. The average Bonchev–Trinajstić information content (AvgIpc) is 2.19. The summed E-state index contributed by atoms with van der Waals surface area (Å²) in [5.41, 5.74) is 2.32. The summed E-state index contributed by atoms with van der Waals surface area (Å²) in [6.45, 7) is 0.871. The van der Waals surface area contributed by atoms with Gasteiger partial charge in [0.2, 0.25) is 0 Å². The number of hydrogen-bond donors (Lipinski definition) is 1. The standard InChI is InChI=1S/C11H11BrN2/c1-13-7-8-4-5-14-11-3-2-9(12)6-10(8)11/h2-6,13H,7H2,1H3. The second kappa shape index (κ2) is 4.07. The van der Waals surface area contributed by atoms with Gasteiger partial charge in [-0.1, -0.05) is 15.9 Å². The van der Waals surface area contributed by atoms with E-state index in [9.17, 15) is 0 Å². The molecule has 0 bridgehead atoms. The molecule has 0 amide bonds. The van der Waals surface area contributed by atoms with Crippen molar-refractivity contribution < 1.29 is 0 Å². The van der Waals surface area contributed by atoms with Crippen molar-refractivity contribution in [3.63, 3.8) is 0 Å². The van der Waals surface area contributed by atoms with Crippen molar-refractivity contribution in [3.05, 3.63) is 40.5 Å². The van der Waals surface area contributed by atoms with E-state index >= 15 is 0 Å². The van der Waals surface area contributed by atoms with Gasteiger partial charge in [0, 0.05) is 22.6 Å². The molecular weight excluding hydrogens is 240 g/mol. The fraction of sp³-hybridized carbons (Fsp3) is 0.182. The third kappa shape index (κ3) is 1.79. The van der Waals surface area contributed by atoms with E-state index in [4.69, 9.17) is 0 Å². The molecule has 2 nitrogen and oxygen atoms in total. The lowest BCUT2D eigenvalue weighted by atomic mass is 10.1. The Labute approximate surface area is 91.5 Å². The van der Waals surface area contributed by atoms with Crippen molar-refractivity contribution in [2.45, 2.75) is 6.54 Å². The Morgan fingerprint density at radius 1 is 1.36 bits per heavy atom. The van der Waals surface area contributed by atoms with Gasteiger partial charge in [0.15, 0.2) is 0 Å². The highest BCUT2D eigenvalue weighted by molar-refractivity contribution is 9.10. The average molecular weight is 251 g/mol. The quantitative estimate of drug-likeness (QED) is 0.887. The zero-order valence-corrected chi connectivity index (χ0v) is 9.51. The second-order valence-corrected chi connectivity index (χ2v) is 4.08. The lowest BCUT2D eigenvalue weighted by Gasteiger charge is -2.05. The molecule has 0 aliphatic rings. The highest BCUT2D eigenvalue weighted by atomic mass is 79.9. The summed E-state index contributed by atoms with van der Waals surface area (Å²) in [5.74, 6) is 0. The molecule has 0 saturated carbocycles. The molecule has 2 aromatic rings. The zero-order chi connectivity index (χ0) is 9.97. The van der Waals surface area contributed by atoms with Crippen molar-refractivity contribution in [1.29, 1.82) is 0 Å². The number of nitrogens with zero attached hydrogens (tertiary/aromatic N) is 1. The van der Waals surface area contributed by atoms with E-state index in [1.807, 2.05) is 31.4 Å². The van der Waals surface area contributed by atoms with Crippen LogP contribution in [-0.2, 0) is 6.54 Å². The Bertz CT molecular complexity index is 454. The van der Waals surface area contributed by atoms with E-state index in [0.29, 0.717) is 0 Å². The number of hydrogen-bond acceptors (Lipinski definition) is 2. The molecule has 1 N–H and O–H groups in total. The van der Waals surface area contributed by atoms with Gasteiger partial charge >= 0.3 is 0 Å². The summed E-state index contributed by atoms with van der Waals surface area (Å²) >= 11 is 3.47. The second-order valence-electron chi connectivity index (χ2n) is 3.16. The van der Waals surface area contributed by atoms with Crippen LogP contribution < -0.4 is 5.32 Å². The highest BCUT2D eigenvalue weighted by Crippen LogP contribution is 2.21. The number of halogens is 1. The van der Waals surface area contributed by atoms with E-state index in [-0.39, 0.29) is 0 Å². The molecule has 1 heterocycles. The third-order valence-electron chi connectivity index (χ3n) is 2.16. The molecule has 0 aliphatic heterocycles. The van der Waals surface area contributed by atoms with Crippen LogP contribution in [-0.4, -0.2) is 12.0 Å². The van der Waals surface area contributed by atoms with Crippen LogP contribution in [0.25, 0.3) is 10.9 Å². The predicted molar refractivity (Wildman–Crippen MR) is 62.2 cm³/mol. The fourth-order valence-corrected chi connectivity index (χ4v) is 1.88. The molecule has 3 heteroatoms. The fourth-order valence-electron chi connectivity index (χ4n) is 1.52. The Balaban J connectivity index is 2.64. The van der Waals surface area contributed by atoms with Crippen LogP contribution in [0.5, 0.6) is 0 Å². The third-order valence-corrected chi connectivity index (χ3v) is 2.65. The van der Waals surface area contributed by atoms with Crippen LogP contribution in [0.2, 0.25) is 0 Å². The Morgan fingerprint density at radius 3 is 3.00 bits per heavy atom. The van der Waals surface area contributed by atoms with Crippen LogP contribution in [0.4, 0.5) is 0 Å². The molecule has 0 aliphatic carbocycles. The van der Waals surface area contributed by atoms with Crippen molar-refractivity contribution in [1.82, 2.24) is 10.3 Å². The Morgan fingerprint density at radius 2 is 2.21 bits per heavy atom. The highest BCUT2D eigenvalue weighted by Gasteiger charge is 2.00. The van der Waals surface area contributed by atoms with Gasteiger partial charge in [-0.15, -0.1) is 0 Å². The van der Waals surface area contributed by atoms with Crippen LogP contribution >= 0.6 is 15.9 Å². The molecule has 1 aromatic carbocycles. The van der Waals surface area contributed by atoms with Gasteiger partial charge in [-0.25, -0.2) is 0 Å².